The standard InChI is InChI=1S/C18H24F3N3O2/c1-2-3-8-22-16(25)13-23-9-11-24(12-10-23)17(26)14-4-6-15(7-5-14)18(19,20)21/h4-7H,2-3,8-13H2,1H3,(H,22,25). The molecular formula is C18H24F3N3O2. The summed E-state index contributed by atoms with van der Waals surface area (Å²) >= 11 is 0. The van der Waals surface area contributed by atoms with Crippen molar-refractivity contribution in [2.45, 2.75) is 25.9 Å². The van der Waals surface area contributed by atoms with Crippen molar-refractivity contribution in [2.75, 3.05) is 39.3 Å². The van der Waals surface area contributed by atoms with Crippen molar-refractivity contribution in [1.82, 2.24) is 15.1 Å². The van der Waals surface area contributed by atoms with E-state index >= 15 is 0 Å². The average Bonchev–Trinajstić information content (AvgIpc) is 2.61. The topological polar surface area (TPSA) is 52.7 Å². The van der Waals surface area contributed by atoms with E-state index in [0.29, 0.717) is 39.3 Å². The number of benzene rings is 1. The Morgan fingerprint density at radius 3 is 2.23 bits per heavy atom. The Labute approximate surface area is 151 Å². The third kappa shape index (κ3) is 5.72. The van der Waals surface area contributed by atoms with Crippen LogP contribution in [0.3, 0.4) is 0 Å². The molecule has 0 bridgehead atoms. The maximum absolute atomic E-state index is 12.6. The SMILES string of the molecule is CCCCNC(=O)CN1CCN(C(=O)c2ccc(C(F)(F)F)cc2)CC1. The number of unbranched alkanes of at least 4 members (excludes halogenated alkanes) is 1. The molecule has 2 amide bonds. The van der Waals surface area contributed by atoms with E-state index < -0.39 is 11.7 Å². The number of carbonyl (C=O) groups excluding carboxylic acids is 2. The molecule has 0 aromatic heterocycles. The van der Waals surface area contributed by atoms with Crippen molar-refractivity contribution in [3.05, 3.63) is 35.4 Å². The highest BCUT2D eigenvalue weighted by molar-refractivity contribution is 5.94. The molecule has 1 heterocycles. The van der Waals surface area contributed by atoms with Gasteiger partial charge in [0.05, 0.1) is 12.1 Å². The highest BCUT2D eigenvalue weighted by Crippen LogP contribution is 2.29. The maximum Gasteiger partial charge on any atom is 0.416 e. The Morgan fingerprint density at radius 1 is 1.08 bits per heavy atom. The second-order valence-electron chi connectivity index (χ2n) is 6.35. The lowest BCUT2D eigenvalue weighted by molar-refractivity contribution is -0.137. The first-order valence-corrected chi connectivity index (χ1v) is 8.77. The first-order valence-electron chi connectivity index (χ1n) is 8.77. The van der Waals surface area contributed by atoms with E-state index in [9.17, 15) is 22.8 Å². The highest BCUT2D eigenvalue weighted by atomic mass is 19.4. The minimum absolute atomic E-state index is 0.0269. The van der Waals surface area contributed by atoms with Gasteiger partial charge in [0.1, 0.15) is 0 Å². The molecule has 0 aliphatic carbocycles. The van der Waals surface area contributed by atoms with E-state index in [0.717, 1.165) is 25.0 Å². The zero-order chi connectivity index (χ0) is 19.2. The molecule has 1 saturated heterocycles. The van der Waals surface area contributed by atoms with Crippen LogP contribution in [-0.4, -0.2) is 60.9 Å². The zero-order valence-electron chi connectivity index (χ0n) is 14.8. The smallest absolute Gasteiger partial charge is 0.355 e. The summed E-state index contributed by atoms with van der Waals surface area (Å²) in [5, 5.41) is 2.86. The van der Waals surface area contributed by atoms with Gasteiger partial charge < -0.3 is 10.2 Å². The number of carbonyl (C=O) groups is 2. The number of hydrogen-bond donors (Lipinski definition) is 1. The fourth-order valence-electron chi connectivity index (χ4n) is 2.76. The molecule has 8 heteroatoms. The summed E-state index contributed by atoms with van der Waals surface area (Å²) in [5.74, 6) is -0.313. The number of rotatable bonds is 6. The largest absolute Gasteiger partial charge is 0.416 e. The number of piperazine rings is 1. The number of alkyl halides is 3. The van der Waals surface area contributed by atoms with E-state index in [1.165, 1.54) is 12.1 Å². The summed E-state index contributed by atoms with van der Waals surface area (Å²) in [6, 6.07) is 4.26. The van der Waals surface area contributed by atoms with E-state index in [4.69, 9.17) is 0 Å². The minimum atomic E-state index is -4.41. The Hall–Kier alpha value is -2.09. The number of nitrogens with one attached hydrogen (secondary N) is 1. The number of halogens is 3. The van der Waals surface area contributed by atoms with Gasteiger partial charge in [-0.3, -0.25) is 14.5 Å². The van der Waals surface area contributed by atoms with Gasteiger partial charge in [0.25, 0.3) is 5.91 Å². The van der Waals surface area contributed by atoms with Crippen LogP contribution in [0.25, 0.3) is 0 Å². The van der Waals surface area contributed by atoms with Crippen molar-refractivity contribution in [1.29, 1.82) is 0 Å². The molecule has 26 heavy (non-hydrogen) atoms. The molecule has 1 aliphatic rings. The van der Waals surface area contributed by atoms with Crippen LogP contribution in [0, 0.1) is 0 Å². The van der Waals surface area contributed by atoms with Crippen LogP contribution in [0.4, 0.5) is 13.2 Å². The fourth-order valence-corrected chi connectivity index (χ4v) is 2.76. The predicted molar refractivity (Wildman–Crippen MR) is 91.7 cm³/mol. The number of hydrogen-bond acceptors (Lipinski definition) is 3. The highest BCUT2D eigenvalue weighted by Gasteiger charge is 2.30. The first-order chi connectivity index (χ1) is 12.3. The van der Waals surface area contributed by atoms with Crippen LogP contribution in [0.15, 0.2) is 24.3 Å². The minimum Gasteiger partial charge on any atom is -0.355 e. The molecule has 0 spiro atoms. The van der Waals surface area contributed by atoms with E-state index in [1.54, 1.807) is 4.90 Å². The van der Waals surface area contributed by atoms with Crippen LogP contribution in [0.1, 0.15) is 35.7 Å². The van der Waals surface area contributed by atoms with Gasteiger partial charge in [-0.25, -0.2) is 0 Å². The van der Waals surface area contributed by atoms with Gasteiger partial charge in [0.15, 0.2) is 0 Å². The van der Waals surface area contributed by atoms with Crippen LogP contribution in [0.2, 0.25) is 0 Å². The molecule has 0 unspecified atom stereocenters. The van der Waals surface area contributed by atoms with Crippen molar-refractivity contribution in [3.63, 3.8) is 0 Å². The molecule has 0 saturated carbocycles. The lowest BCUT2D eigenvalue weighted by Crippen LogP contribution is -2.51. The molecule has 1 aliphatic heterocycles. The second-order valence-corrected chi connectivity index (χ2v) is 6.35. The van der Waals surface area contributed by atoms with Crippen molar-refractivity contribution in [3.8, 4) is 0 Å². The Morgan fingerprint density at radius 2 is 1.69 bits per heavy atom. The Bertz CT molecular complexity index is 609. The predicted octanol–water partition coefficient (Wildman–Crippen LogP) is 2.38. The molecule has 1 N–H and O–H groups in total. The van der Waals surface area contributed by atoms with E-state index in [2.05, 4.69) is 12.2 Å². The summed E-state index contributed by atoms with van der Waals surface area (Å²) in [4.78, 5) is 27.8. The van der Waals surface area contributed by atoms with Crippen molar-refractivity contribution < 1.29 is 22.8 Å². The molecule has 5 nitrogen and oxygen atoms in total. The molecule has 1 fully saturated rings. The van der Waals surface area contributed by atoms with Crippen LogP contribution in [-0.2, 0) is 11.0 Å². The molecule has 0 radical (unpaired) electrons. The van der Waals surface area contributed by atoms with Gasteiger partial charge in [-0.05, 0) is 30.7 Å². The molecule has 2 rings (SSSR count). The lowest BCUT2D eigenvalue weighted by Gasteiger charge is -2.34. The molecule has 1 aromatic carbocycles. The summed E-state index contributed by atoms with van der Waals surface area (Å²) in [6.07, 6.45) is -2.45. The number of nitrogens with zero attached hydrogens (tertiary/aromatic N) is 2. The molecule has 0 atom stereocenters. The Kier molecular flexibility index (Phi) is 7.02. The summed E-state index contributed by atoms with van der Waals surface area (Å²) < 4.78 is 37.8. The average molecular weight is 371 g/mol. The van der Waals surface area contributed by atoms with Gasteiger partial charge in [0, 0.05) is 38.3 Å². The summed E-state index contributed by atoms with van der Waals surface area (Å²) in [7, 11) is 0. The maximum atomic E-state index is 12.6. The van der Waals surface area contributed by atoms with Crippen LogP contribution in [0.5, 0.6) is 0 Å². The molecule has 1 aromatic rings. The Balaban J connectivity index is 1.82. The second kappa shape index (κ2) is 9.02. The van der Waals surface area contributed by atoms with E-state index in [1.807, 2.05) is 4.90 Å². The lowest BCUT2D eigenvalue weighted by atomic mass is 10.1. The summed E-state index contributed by atoms with van der Waals surface area (Å²) in [5.41, 5.74) is -0.531. The third-order valence-electron chi connectivity index (χ3n) is 4.34. The van der Waals surface area contributed by atoms with Crippen LogP contribution >= 0.6 is 0 Å². The monoisotopic (exact) mass is 371 g/mol. The van der Waals surface area contributed by atoms with Gasteiger partial charge in [-0.15, -0.1) is 0 Å². The van der Waals surface area contributed by atoms with Gasteiger partial charge in [-0.2, -0.15) is 13.2 Å². The van der Waals surface area contributed by atoms with Crippen LogP contribution < -0.4 is 5.32 Å². The van der Waals surface area contributed by atoms with Gasteiger partial charge in [0.2, 0.25) is 5.91 Å². The van der Waals surface area contributed by atoms with Crippen molar-refractivity contribution >= 4 is 11.8 Å². The number of amides is 2. The molecule has 144 valence electrons. The molecular weight excluding hydrogens is 347 g/mol. The van der Waals surface area contributed by atoms with Gasteiger partial charge >= 0.3 is 6.18 Å². The summed E-state index contributed by atoms with van der Waals surface area (Å²) in [6.45, 7) is 5.04. The van der Waals surface area contributed by atoms with Crippen molar-refractivity contribution in [2.24, 2.45) is 0 Å². The van der Waals surface area contributed by atoms with E-state index in [-0.39, 0.29) is 17.4 Å². The third-order valence-corrected chi connectivity index (χ3v) is 4.34. The first kappa shape index (κ1) is 20.2. The van der Waals surface area contributed by atoms with Gasteiger partial charge in [-0.1, -0.05) is 13.3 Å². The fraction of sp³-hybridized carbons (Fsp3) is 0.556. The zero-order valence-corrected chi connectivity index (χ0v) is 14.8. The quantitative estimate of drug-likeness (QED) is 0.782. The normalized spacial score (nSPS) is 15.8.